The van der Waals surface area contributed by atoms with Crippen molar-refractivity contribution < 1.29 is 9.59 Å². The molecular formula is C22H23N3O2. The molecule has 1 heterocycles. The summed E-state index contributed by atoms with van der Waals surface area (Å²) in [5.74, 6) is 0.751. The van der Waals surface area contributed by atoms with Crippen LogP contribution in [0.15, 0.2) is 73.1 Å². The standard InChI is InChI=1S/C22H23N3O2/c1-24(22(27)13-12-20(26)19-10-6-3-7-11-19)17-21-23-14-15-25(21)16-18-8-4-2-5-9-18/h2-11,14-15H,12-13,16-17H2,1H3. The van der Waals surface area contributed by atoms with E-state index in [1.807, 2.05) is 47.2 Å². The lowest BCUT2D eigenvalue weighted by molar-refractivity contribution is -0.130. The fraction of sp³-hybridized carbons (Fsp3) is 0.227. The number of carbonyl (C=O) groups is 2. The first-order valence-corrected chi connectivity index (χ1v) is 8.99. The summed E-state index contributed by atoms with van der Waals surface area (Å²) in [6.45, 7) is 1.13. The van der Waals surface area contributed by atoms with E-state index in [2.05, 4.69) is 17.1 Å². The van der Waals surface area contributed by atoms with E-state index < -0.39 is 0 Å². The highest BCUT2D eigenvalue weighted by atomic mass is 16.2. The Morgan fingerprint density at radius 2 is 1.63 bits per heavy atom. The van der Waals surface area contributed by atoms with E-state index >= 15 is 0 Å². The first kappa shape index (κ1) is 18.6. The second-order valence-corrected chi connectivity index (χ2v) is 6.50. The van der Waals surface area contributed by atoms with E-state index in [0.717, 1.165) is 5.82 Å². The molecule has 0 radical (unpaired) electrons. The van der Waals surface area contributed by atoms with Gasteiger partial charge in [0.1, 0.15) is 5.82 Å². The van der Waals surface area contributed by atoms with Gasteiger partial charge in [0.25, 0.3) is 0 Å². The van der Waals surface area contributed by atoms with Gasteiger partial charge in [-0.25, -0.2) is 4.98 Å². The second-order valence-electron chi connectivity index (χ2n) is 6.50. The van der Waals surface area contributed by atoms with Gasteiger partial charge in [0.05, 0.1) is 6.54 Å². The Morgan fingerprint density at radius 3 is 2.33 bits per heavy atom. The molecule has 3 aromatic rings. The van der Waals surface area contributed by atoms with Gasteiger partial charge in [-0.05, 0) is 5.56 Å². The van der Waals surface area contributed by atoms with Crippen molar-refractivity contribution >= 4 is 11.7 Å². The largest absolute Gasteiger partial charge is 0.338 e. The molecule has 5 heteroatoms. The average Bonchev–Trinajstić information content (AvgIpc) is 3.13. The smallest absolute Gasteiger partial charge is 0.223 e. The predicted molar refractivity (Wildman–Crippen MR) is 104 cm³/mol. The fourth-order valence-electron chi connectivity index (χ4n) is 2.90. The highest BCUT2D eigenvalue weighted by Gasteiger charge is 2.15. The van der Waals surface area contributed by atoms with Gasteiger partial charge in [-0.3, -0.25) is 9.59 Å². The van der Waals surface area contributed by atoms with E-state index in [1.165, 1.54) is 5.56 Å². The molecule has 0 saturated heterocycles. The summed E-state index contributed by atoms with van der Waals surface area (Å²) in [5.41, 5.74) is 1.82. The van der Waals surface area contributed by atoms with Crippen molar-refractivity contribution in [1.82, 2.24) is 14.5 Å². The van der Waals surface area contributed by atoms with Gasteiger partial charge >= 0.3 is 0 Å². The van der Waals surface area contributed by atoms with Crippen molar-refractivity contribution in [1.29, 1.82) is 0 Å². The van der Waals surface area contributed by atoms with Crippen LogP contribution in [0.5, 0.6) is 0 Å². The Morgan fingerprint density at radius 1 is 0.963 bits per heavy atom. The van der Waals surface area contributed by atoms with Gasteiger partial charge < -0.3 is 9.47 Å². The molecule has 1 aromatic heterocycles. The zero-order valence-electron chi connectivity index (χ0n) is 15.4. The highest BCUT2D eigenvalue weighted by Crippen LogP contribution is 2.10. The lowest BCUT2D eigenvalue weighted by atomic mass is 10.1. The third kappa shape index (κ3) is 5.14. The molecule has 2 aromatic carbocycles. The molecule has 0 N–H and O–H groups in total. The summed E-state index contributed by atoms with van der Waals surface area (Å²) in [6.07, 6.45) is 4.07. The van der Waals surface area contributed by atoms with Gasteiger partial charge in [0, 0.05) is 44.4 Å². The first-order chi connectivity index (χ1) is 13.1. The molecule has 5 nitrogen and oxygen atoms in total. The number of imidazole rings is 1. The summed E-state index contributed by atoms with van der Waals surface area (Å²) >= 11 is 0. The fourth-order valence-corrected chi connectivity index (χ4v) is 2.90. The van der Waals surface area contributed by atoms with Crippen LogP contribution < -0.4 is 0 Å². The van der Waals surface area contributed by atoms with Crippen LogP contribution in [0, 0.1) is 0 Å². The molecular weight excluding hydrogens is 338 g/mol. The molecule has 0 aliphatic rings. The number of aromatic nitrogens is 2. The van der Waals surface area contributed by atoms with Crippen molar-refractivity contribution in [3.05, 3.63) is 90.0 Å². The quantitative estimate of drug-likeness (QED) is 0.577. The van der Waals surface area contributed by atoms with E-state index in [4.69, 9.17) is 0 Å². The minimum atomic E-state index is -0.0615. The Bertz CT molecular complexity index is 888. The number of hydrogen-bond acceptors (Lipinski definition) is 3. The molecule has 0 atom stereocenters. The molecule has 0 spiro atoms. The van der Waals surface area contributed by atoms with Crippen LogP contribution in [0.4, 0.5) is 0 Å². The van der Waals surface area contributed by atoms with Gasteiger partial charge in [0.15, 0.2) is 5.78 Å². The molecule has 27 heavy (non-hydrogen) atoms. The van der Waals surface area contributed by atoms with Crippen LogP contribution >= 0.6 is 0 Å². The number of rotatable bonds is 8. The van der Waals surface area contributed by atoms with Crippen molar-refractivity contribution in [2.24, 2.45) is 0 Å². The SMILES string of the molecule is CN(Cc1nccn1Cc1ccccc1)C(=O)CCC(=O)c1ccccc1. The Hall–Kier alpha value is -3.21. The first-order valence-electron chi connectivity index (χ1n) is 8.99. The number of amides is 1. The average molecular weight is 361 g/mol. The van der Waals surface area contributed by atoms with Crippen molar-refractivity contribution in [2.45, 2.75) is 25.9 Å². The zero-order chi connectivity index (χ0) is 19.1. The highest BCUT2D eigenvalue weighted by molar-refractivity contribution is 5.97. The second kappa shape index (κ2) is 8.94. The van der Waals surface area contributed by atoms with Crippen LogP contribution in [-0.2, 0) is 17.9 Å². The minimum absolute atomic E-state index is 0.0112. The maximum absolute atomic E-state index is 12.4. The lowest BCUT2D eigenvalue weighted by Crippen LogP contribution is -2.28. The van der Waals surface area contributed by atoms with E-state index in [1.54, 1.807) is 30.3 Å². The van der Waals surface area contributed by atoms with Crippen molar-refractivity contribution in [3.63, 3.8) is 0 Å². The topological polar surface area (TPSA) is 55.2 Å². The summed E-state index contributed by atoms with van der Waals surface area (Å²) in [6, 6.07) is 19.2. The molecule has 138 valence electrons. The molecule has 0 unspecified atom stereocenters. The van der Waals surface area contributed by atoms with E-state index in [-0.39, 0.29) is 24.5 Å². The predicted octanol–water partition coefficient (Wildman–Crippen LogP) is 3.55. The van der Waals surface area contributed by atoms with Crippen molar-refractivity contribution in [3.8, 4) is 0 Å². The summed E-state index contributed by atoms with van der Waals surface area (Å²) in [5, 5.41) is 0. The Kier molecular flexibility index (Phi) is 6.15. The van der Waals surface area contributed by atoms with Gasteiger partial charge in [0.2, 0.25) is 5.91 Å². The third-order valence-corrected chi connectivity index (χ3v) is 4.46. The molecule has 0 bridgehead atoms. The van der Waals surface area contributed by atoms with Crippen molar-refractivity contribution in [2.75, 3.05) is 7.05 Å². The maximum Gasteiger partial charge on any atom is 0.223 e. The number of ketones is 1. The number of benzene rings is 2. The number of carbonyl (C=O) groups excluding carboxylic acids is 2. The molecule has 0 aliphatic heterocycles. The summed E-state index contributed by atoms with van der Waals surface area (Å²) in [7, 11) is 1.75. The van der Waals surface area contributed by atoms with Gasteiger partial charge in [-0.2, -0.15) is 0 Å². The molecule has 0 saturated carbocycles. The van der Waals surface area contributed by atoms with Gasteiger partial charge in [-0.1, -0.05) is 60.7 Å². The summed E-state index contributed by atoms with van der Waals surface area (Å²) in [4.78, 5) is 30.6. The molecule has 1 amide bonds. The molecule has 0 fully saturated rings. The summed E-state index contributed by atoms with van der Waals surface area (Å²) < 4.78 is 2.04. The zero-order valence-corrected chi connectivity index (χ0v) is 15.4. The normalized spacial score (nSPS) is 10.6. The van der Waals surface area contributed by atoms with Crippen LogP contribution in [-0.4, -0.2) is 33.2 Å². The molecule has 3 rings (SSSR count). The van der Waals surface area contributed by atoms with Crippen LogP contribution in [0.3, 0.4) is 0 Å². The minimum Gasteiger partial charge on any atom is -0.338 e. The van der Waals surface area contributed by atoms with Crippen LogP contribution in [0.25, 0.3) is 0 Å². The molecule has 0 aliphatic carbocycles. The lowest BCUT2D eigenvalue weighted by Gasteiger charge is -2.18. The van der Waals surface area contributed by atoms with E-state index in [9.17, 15) is 9.59 Å². The Balaban J connectivity index is 1.54. The Labute approximate surface area is 159 Å². The third-order valence-electron chi connectivity index (χ3n) is 4.46. The number of Topliss-reactive ketones (excluding diaryl/α,β-unsaturated/α-hetero) is 1. The monoisotopic (exact) mass is 361 g/mol. The number of nitrogens with zero attached hydrogens (tertiary/aromatic N) is 3. The number of hydrogen-bond donors (Lipinski definition) is 0. The van der Waals surface area contributed by atoms with Crippen LogP contribution in [0.2, 0.25) is 0 Å². The van der Waals surface area contributed by atoms with Gasteiger partial charge in [-0.15, -0.1) is 0 Å². The van der Waals surface area contributed by atoms with E-state index in [0.29, 0.717) is 18.7 Å². The maximum atomic E-state index is 12.4. The van der Waals surface area contributed by atoms with Crippen LogP contribution in [0.1, 0.15) is 34.6 Å².